The van der Waals surface area contributed by atoms with Gasteiger partial charge in [0.25, 0.3) is 0 Å². The Kier molecular flexibility index (Phi) is 7.91. The highest BCUT2D eigenvalue weighted by Gasteiger charge is 2.33. The van der Waals surface area contributed by atoms with E-state index in [0.717, 1.165) is 17.7 Å². The second kappa shape index (κ2) is 8.39. The maximum absolute atomic E-state index is 11.6. The predicted molar refractivity (Wildman–Crippen MR) is 91.8 cm³/mol. The summed E-state index contributed by atoms with van der Waals surface area (Å²) < 4.78 is 5.18. The molecule has 0 bridgehead atoms. The van der Waals surface area contributed by atoms with E-state index < -0.39 is 11.5 Å². The molecule has 1 atom stereocenters. The normalized spacial score (nSPS) is 13.9. The first kappa shape index (κ1) is 20.7. The molecule has 0 radical (unpaired) electrons. The van der Waals surface area contributed by atoms with Gasteiger partial charge in [0, 0.05) is 6.54 Å². The Morgan fingerprint density at radius 2 is 1.86 bits per heavy atom. The van der Waals surface area contributed by atoms with Gasteiger partial charge >= 0.3 is 5.97 Å². The minimum atomic E-state index is -0.920. The van der Waals surface area contributed by atoms with Gasteiger partial charge in [0.2, 0.25) is 0 Å². The van der Waals surface area contributed by atoms with Crippen LogP contribution in [0.15, 0.2) is 24.3 Å². The van der Waals surface area contributed by atoms with Gasteiger partial charge in [0.05, 0.1) is 7.11 Å². The largest absolute Gasteiger partial charge is 0.497 e. The molecule has 5 heteroatoms. The molecule has 0 aliphatic heterocycles. The summed E-state index contributed by atoms with van der Waals surface area (Å²) in [5, 5.41) is 12.7. The Morgan fingerprint density at radius 1 is 1.23 bits per heavy atom. The van der Waals surface area contributed by atoms with Gasteiger partial charge in [-0.25, -0.2) is 0 Å². The molecule has 4 nitrogen and oxygen atoms in total. The maximum Gasteiger partial charge on any atom is 0.323 e. The molecule has 0 fully saturated rings. The van der Waals surface area contributed by atoms with E-state index in [9.17, 15) is 9.90 Å². The van der Waals surface area contributed by atoms with E-state index in [1.807, 2.05) is 24.3 Å². The molecule has 0 unspecified atom stereocenters. The summed E-state index contributed by atoms with van der Waals surface area (Å²) in [6.45, 7) is 8.62. The molecule has 2 N–H and O–H groups in total. The fraction of sp³-hybridized carbons (Fsp3) is 0.588. The van der Waals surface area contributed by atoms with E-state index in [1.165, 1.54) is 0 Å². The van der Waals surface area contributed by atoms with Crippen molar-refractivity contribution in [2.75, 3.05) is 7.11 Å². The van der Waals surface area contributed by atoms with Crippen LogP contribution in [0.4, 0.5) is 0 Å². The molecule has 0 amide bonds. The molecule has 0 spiro atoms. The average Bonchev–Trinajstić information content (AvgIpc) is 2.42. The molecule has 1 aromatic carbocycles. The van der Waals surface area contributed by atoms with Crippen molar-refractivity contribution in [1.29, 1.82) is 0 Å². The number of methoxy groups -OCH3 is 1. The predicted octanol–water partition coefficient (Wildman–Crippen LogP) is 3.88. The lowest BCUT2D eigenvalue weighted by Gasteiger charge is -2.30. The van der Waals surface area contributed by atoms with Crippen molar-refractivity contribution in [3.05, 3.63) is 29.8 Å². The topological polar surface area (TPSA) is 58.6 Å². The Hall–Kier alpha value is -1.26. The van der Waals surface area contributed by atoms with Crippen LogP contribution in [0.2, 0.25) is 0 Å². The van der Waals surface area contributed by atoms with Crippen molar-refractivity contribution >= 4 is 18.4 Å². The molecule has 0 aromatic heterocycles. The average molecular weight is 330 g/mol. The van der Waals surface area contributed by atoms with Gasteiger partial charge in [-0.2, -0.15) is 0 Å². The summed E-state index contributed by atoms with van der Waals surface area (Å²) in [5.74, 6) is -0.0318. The SMILES string of the molecule is COc1cccc(CN[C@](C)(CCC(C)(C)C)C(=O)O)c1.Cl. The highest BCUT2D eigenvalue weighted by atomic mass is 35.5. The summed E-state index contributed by atoms with van der Waals surface area (Å²) in [7, 11) is 1.62. The first-order valence-corrected chi connectivity index (χ1v) is 7.28. The molecule has 0 heterocycles. The van der Waals surface area contributed by atoms with Crippen molar-refractivity contribution in [2.45, 2.75) is 52.6 Å². The quantitative estimate of drug-likeness (QED) is 0.797. The molecule has 0 aliphatic carbocycles. The van der Waals surface area contributed by atoms with Crippen LogP contribution in [0.5, 0.6) is 5.75 Å². The Bertz CT molecular complexity index is 485. The number of halogens is 1. The summed E-state index contributed by atoms with van der Waals surface area (Å²) in [6, 6.07) is 7.66. The van der Waals surface area contributed by atoms with Crippen LogP contribution >= 0.6 is 12.4 Å². The molecule has 22 heavy (non-hydrogen) atoms. The van der Waals surface area contributed by atoms with Crippen LogP contribution < -0.4 is 10.1 Å². The Morgan fingerprint density at radius 3 is 2.36 bits per heavy atom. The van der Waals surface area contributed by atoms with Gasteiger partial charge in [-0.1, -0.05) is 32.9 Å². The lowest BCUT2D eigenvalue weighted by atomic mass is 9.84. The number of hydrogen-bond donors (Lipinski definition) is 2. The summed E-state index contributed by atoms with van der Waals surface area (Å²) in [6.07, 6.45) is 1.44. The fourth-order valence-electron chi connectivity index (χ4n) is 1.98. The molecule has 1 rings (SSSR count). The lowest BCUT2D eigenvalue weighted by molar-refractivity contribution is -0.144. The molecule has 0 saturated carbocycles. The number of carboxylic acids is 1. The summed E-state index contributed by atoms with van der Waals surface area (Å²) in [5.41, 5.74) is 0.211. The fourth-order valence-corrected chi connectivity index (χ4v) is 1.98. The minimum Gasteiger partial charge on any atom is -0.497 e. The van der Waals surface area contributed by atoms with Crippen molar-refractivity contribution in [1.82, 2.24) is 5.32 Å². The number of benzene rings is 1. The third-order valence-corrected chi connectivity index (χ3v) is 3.66. The van der Waals surface area contributed by atoms with Crippen molar-refractivity contribution in [3.63, 3.8) is 0 Å². The standard InChI is InChI=1S/C17H27NO3.ClH/c1-16(2,3)9-10-17(4,15(19)20)18-12-13-7-6-8-14(11-13)21-5;/h6-8,11,18H,9-10,12H2,1-5H3,(H,19,20);1H/t17-;/m1./s1. The zero-order valence-corrected chi connectivity index (χ0v) is 14.9. The smallest absolute Gasteiger partial charge is 0.323 e. The molecular formula is C17H28ClNO3. The highest BCUT2D eigenvalue weighted by Crippen LogP contribution is 2.26. The zero-order valence-electron chi connectivity index (χ0n) is 14.1. The summed E-state index contributed by atoms with van der Waals surface area (Å²) >= 11 is 0. The zero-order chi connectivity index (χ0) is 16.1. The monoisotopic (exact) mass is 329 g/mol. The van der Waals surface area contributed by atoms with Gasteiger partial charge in [-0.15, -0.1) is 12.4 Å². The van der Waals surface area contributed by atoms with E-state index in [-0.39, 0.29) is 17.8 Å². The van der Waals surface area contributed by atoms with Crippen LogP contribution in [-0.2, 0) is 11.3 Å². The van der Waals surface area contributed by atoms with Crippen LogP contribution in [0.3, 0.4) is 0 Å². The number of hydrogen-bond acceptors (Lipinski definition) is 3. The number of ether oxygens (including phenoxy) is 1. The second-order valence-corrected chi connectivity index (χ2v) is 6.90. The Balaban J connectivity index is 0.00000441. The van der Waals surface area contributed by atoms with Crippen LogP contribution in [-0.4, -0.2) is 23.7 Å². The van der Waals surface area contributed by atoms with Crippen molar-refractivity contribution < 1.29 is 14.6 Å². The number of aliphatic carboxylic acids is 1. The van der Waals surface area contributed by atoms with Crippen LogP contribution in [0.25, 0.3) is 0 Å². The summed E-state index contributed by atoms with van der Waals surface area (Å²) in [4.78, 5) is 11.6. The highest BCUT2D eigenvalue weighted by molar-refractivity contribution is 5.85. The molecular weight excluding hydrogens is 302 g/mol. The minimum absolute atomic E-state index is 0. The van der Waals surface area contributed by atoms with Crippen LogP contribution in [0, 0.1) is 5.41 Å². The molecule has 0 aliphatic rings. The van der Waals surface area contributed by atoms with E-state index in [4.69, 9.17) is 4.74 Å². The first-order chi connectivity index (χ1) is 9.66. The molecule has 1 aromatic rings. The van der Waals surface area contributed by atoms with Gasteiger partial charge in [-0.05, 0) is 42.9 Å². The maximum atomic E-state index is 11.6. The van der Waals surface area contributed by atoms with Crippen LogP contribution in [0.1, 0.15) is 46.1 Å². The number of carboxylic acid groups (broad SMARTS) is 1. The van der Waals surface area contributed by atoms with E-state index in [1.54, 1.807) is 14.0 Å². The van der Waals surface area contributed by atoms with Gasteiger partial charge in [0.1, 0.15) is 11.3 Å². The first-order valence-electron chi connectivity index (χ1n) is 7.28. The van der Waals surface area contributed by atoms with Crippen molar-refractivity contribution in [2.24, 2.45) is 5.41 Å². The third-order valence-electron chi connectivity index (χ3n) is 3.66. The van der Waals surface area contributed by atoms with Gasteiger partial charge in [0.15, 0.2) is 0 Å². The number of nitrogens with one attached hydrogen (secondary N) is 1. The molecule has 0 saturated heterocycles. The van der Waals surface area contributed by atoms with E-state index in [2.05, 4.69) is 26.1 Å². The van der Waals surface area contributed by atoms with E-state index >= 15 is 0 Å². The Labute approximate surface area is 139 Å². The van der Waals surface area contributed by atoms with Gasteiger partial charge < -0.3 is 9.84 Å². The molecule has 126 valence electrons. The second-order valence-electron chi connectivity index (χ2n) is 6.90. The van der Waals surface area contributed by atoms with Gasteiger partial charge in [-0.3, -0.25) is 10.1 Å². The number of rotatable bonds is 7. The third kappa shape index (κ3) is 6.67. The van der Waals surface area contributed by atoms with E-state index in [0.29, 0.717) is 13.0 Å². The number of carbonyl (C=O) groups is 1. The lowest BCUT2D eigenvalue weighted by Crippen LogP contribution is -2.49. The van der Waals surface area contributed by atoms with Crippen molar-refractivity contribution in [3.8, 4) is 5.75 Å².